The first-order chi connectivity index (χ1) is 16.6. The van der Waals surface area contributed by atoms with Gasteiger partial charge in [-0.2, -0.15) is 5.10 Å². The molecule has 1 fully saturated rings. The highest BCUT2D eigenvalue weighted by atomic mass is 16.5. The Hall–Kier alpha value is -3.91. The zero-order valence-corrected chi connectivity index (χ0v) is 19.3. The number of likely N-dealkylation sites (tertiary alicyclic amines) is 1. The summed E-state index contributed by atoms with van der Waals surface area (Å²) in [6, 6.07) is 19.3. The molecule has 0 unspecified atom stereocenters. The molecule has 34 heavy (non-hydrogen) atoms. The summed E-state index contributed by atoms with van der Waals surface area (Å²) in [6.07, 6.45) is 2.31. The van der Waals surface area contributed by atoms with Crippen LogP contribution in [-0.2, 0) is 0 Å². The maximum absolute atomic E-state index is 12.8. The zero-order valence-electron chi connectivity index (χ0n) is 19.3. The third kappa shape index (κ3) is 4.72. The number of ether oxygens (including phenoxy) is 1. The molecule has 0 radical (unpaired) electrons. The molecule has 5 rings (SSSR count). The highest BCUT2D eigenvalue weighted by molar-refractivity contribution is 6.07. The first-order valence-corrected chi connectivity index (χ1v) is 11.4. The SMILES string of the molecule is COc1ccc(Nc2ccc3c(NC(=O)c4ccc(C5CCN(C)CC5)cc4)n[nH]c3n2)cc1. The lowest BCUT2D eigenvalue weighted by Gasteiger charge is -2.29. The van der Waals surface area contributed by atoms with Crippen molar-refractivity contribution in [2.75, 3.05) is 37.9 Å². The quantitative estimate of drug-likeness (QED) is 0.387. The van der Waals surface area contributed by atoms with Gasteiger partial charge in [0, 0.05) is 11.3 Å². The van der Waals surface area contributed by atoms with Crippen LogP contribution < -0.4 is 15.4 Å². The summed E-state index contributed by atoms with van der Waals surface area (Å²) in [4.78, 5) is 19.8. The molecule has 1 aliphatic heterocycles. The number of hydrogen-bond donors (Lipinski definition) is 3. The van der Waals surface area contributed by atoms with E-state index < -0.39 is 0 Å². The maximum atomic E-state index is 12.8. The fourth-order valence-electron chi connectivity index (χ4n) is 4.32. The van der Waals surface area contributed by atoms with E-state index >= 15 is 0 Å². The van der Waals surface area contributed by atoms with Gasteiger partial charge in [0.15, 0.2) is 11.5 Å². The number of nitrogens with one attached hydrogen (secondary N) is 3. The number of amides is 1. The minimum Gasteiger partial charge on any atom is -0.497 e. The van der Waals surface area contributed by atoms with Crippen LogP contribution in [-0.4, -0.2) is 53.2 Å². The zero-order chi connectivity index (χ0) is 23.5. The van der Waals surface area contributed by atoms with E-state index in [9.17, 15) is 4.79 Å². The molecule has 1 saturated heterocycles. The average molecular weight is 457 g/mol. The number of hydrogen-bond acceptors (Lipinski definition) is 6. The van der Waals surface area contributed by atoms with Crippen LogP contribution in [0, 0.1) is 0 Å². The van der Waals surface area contributed by atoms with E-state index in [1.807, 2.05) is 48.5 Å². The van der Waals surface area contributed by atoms with Gasteiger partial charge in [-0.25, -0.2) is 4.98 Å². The van der Waals surface area contributed by atoms with Crippen molar-refractivity contribution >= 4 is 34.3 Å². The molecule has 0 aliphatic carbocycles. The van der Waals surface area contributed by atoms with Gasteiger partial charge in [0.1, 0.15) is 11.6 Å². The van der Waals surface area contributed by atoms with Gasteiger partial charge in [0.05, 0.1) is 12.5 Å². The topological polar surface area (TPSA) is 95.2 Å². The predicted octanol–water partition coefficient (Wildman–Crippen LogP) is 4.77. The van der Waals surface area contributed by atoms with Crippen molar-refractivity contribution in [2.45, 2.75) is 18.8 Å². The molecule has 3 N–H and O–H groups in total. The number of fused-ring (bicyclic) bond motifs is 1. The maximum Gasteiger partial charge on any atom is 0.256 e. The number of benzene rings is 2. The molecule has 2 aromatic carbocycles. The van der Waals surface area contributed by atoms with Gasteiger partial charge in [-0.1, -0.05) is 12.1 Å². The number of pyridine rings is 1. The minimum absolute atomic E-state index is 0.191. The largest absolute Gasteiger partial charge is 0.497 e. The molecule has 8 heteroatoms. The second-order valence-electron chi connectivity index (χ2n) is 8.67. The lowest BCUT2D eigenvalue weighted by molar-refractivity contribution is 0.102. The number of aromatic nitrogens is 3. The molecule has 8 nitrogen and oxygen atoms in total. The van der Waals surface area contributed by atoms with E-state index in [1.54, 1.807) is 7.11 Å². The van der Waals surface area contributed by atoms with Crippen LogP contribution in [0.1, 0.15) is 34.7 Å². The van der Waals surface area contributed by atoms with Crippen LogP contribution in [0.4, 0.5) is 17.3 Å². The molecule has 4 aromatic rings. The van der Waals surface area contributed by atoms with Crippen LogP contribution in [0.2, 0.25) is 0 Å². The van der Waals surface area contributed by atoms with Crippen LogP contribution in [0.5, 0.6) is 5.75 Å². The van der Waals surface area contributed by atoms with Crippen LogP contribution >= 0.6 is 0 Å². The van der Waals surface area contributed by atoms with Gasteiger partial charge >= 0.3 is 0 Å². The van der Waals surface area contributed by atoms with Gasteiger partial charge in [-0.3, -0.25) is 9.89 Å². The van der Waals surface area contributed by atoms with Crippen molar-refractivity contribution in [1.82, 2.24) is 20.1 Å². The Bertz CT molecular complexity index is 1280. The molecule has 0 spiro atoms. The van der Waals surface area contributed by atoms with Crippen molar-refractivity contribution < 1.29 is 9.53 Å². The van der Waals surface area contributed by atoms with Gasteiger partial charge in [-0.15, -0.1) is 0 Å². The van der Waals surface area contributed by atoms with Crippen molar-refractivity contribution in [3.8, 4) is 5.75 Å². The summed E-state index contributed by atoms with van der Waals surface area (Å²) >= 11 is 0. The fourth-order valence-corrected chi connectivity index (χ4v) is 4.32. The summed E-state index contributed by atoms with van der Waals surface area (Å²) in [7, 11) is 3.80. The molecule has 2 aromatic heterocycles. The van der Waals surface area contributed by atoms with E-state index in [0.717, 1.165) is 42.8 Å². The monoisotopic (exact) mass is 456 g/mol. The van der Waals surface area contributed by atoms with Gasteiger partial charge in [-0.05, 0) is 93.0 Å². The number of carbonyl (C=O) groups excluding carboxylic acids is 1. The Morgan fingerprint density at radius 2 is 1.76 bits per heavy atom. The third-order valence-corrected chi connectivity index (χ3v) is 6.38. The number of nitrogens with zero attached hydrogens (tertiary/aromatic N) is 3. The number of methoxy groups -OCH3 is 1. The average Bonchev–Trinajstić information content (AvgIpc) is 3.27. The van der Waals surface area contributed by atoms with E-state index in [1.165, 1.54) is 5.56 Å². The van der Waals surface area contributed by atoms with Crippen molar-refractivity contribution in [2.24, 2.45) is 0 Å². The normalized spacial score (nSPS) is 14.8. The minimum atomic E-state index is -0.191. The summed E-state index contributed by atoms with van der Waals surface area (Å²) in [5.74, 6) is 2.30. The van der Waals surface area contributed by atoms with Crippen molar-refractivity contribution in [3.63, 3.8) is 0 Å². The Morgan fingerprint density at radius 1 is 1.03 bits per heavy atom. The molecule has 3 heterocycles. The van der Waals surface area contributed by atoms with E-state index in [-0.39, 0.29) is 5.91 Å². The lowest BCUT2D eigenvalue weighted by Crippen LogP contribution is -2.29. The second kappa shape index (κ2) is 9.52. The first kappa shape index (κ1) is 21.9. The molecule has 0 saturated carbocycles. The van der Waals surface area contributed by atoms with Crippen LogP contribution in [0.15, 0.2) is 60.7 Å². The Kier molecular flexibility index (Phi) is 6.14. The first-order valence-electron chi connectivity index (χ1n) is 11.4. The molecule has 174 valence electrons. The molecular formula is C26H28N6O2. The molecular weight excluding hydrogens is 428 g/mol. The van der Waals surface area contributed by atoms with Crippen LogP contribution in [0.25, 0.3) is 11.0 Å². The Morgan fingerprint density at radius 3 is 2.47 bits per heavy atom. The third-order valence-electron chi connectivity index (χ3n) is 6.38. The van der Waals surface area contributed by atoms with Crippen molar-refractivity contribution in [1.29, 1.82) is 0 Å². The number of aromatic amines is 1. The Labute approximate surface area is 198 Å². The Balaban J connectivity index is 1.25. The van der Waals surface area contributed by atoms with Gasteiger partial charge in [0.2, 0.25) is 0 Å². The lowest BCUT2D eigenvalue weighted by atomic mass is 9.89. The van der Waals surface area contributed by atoms with Gasteiger partial charge in [0.25, 0.3) is 5.91 Å². The van der Waals surface area contributed by atoms with Crippen molar-refractivity contribution in [3.05, 3.63) is 71.8 Å². The number of rotatable bonds is 6. The summed E-state index contributed by atoms with van der Waals surface area (Å²) < 4.78 is 5.19. The molecule has 1 amide bonds. The van der Waals surface area contributed by atoms with Crippen LogP contribution in [0.3, 0.4) is 0 Å². The number of H-pyrrole nitrogens is 1. The van der Waals surface area contributed by atoms with Gasteiger partial charge < -0.3 is 20.3 Å². The molecule has 1 aliphatic rings. The number of piperidine rings is 1. The second-order valence-corrected chi connectivity index (χ2v) is 8.67. The summed E-state index contributed by atoms with van der Waals surface area (Å²) in [5.41, 5.74) is 3.39. The molecule has 0 bridgehead atoms. The number of anilines is 3. The fraction of sp³-hybridized carbons (Fsp3) is 0.269. The molecule has 0 atom stereocenters. The standard InChI is InChI=1S/C26H28N6O2/c1-32-15-13-18(14-16-32)17-3-5-19(6-4-17)26(33)29-25-22-11-12-23(28-24(22)30-31-25)27-20-7-9-21(34-2)10-8-20/h3-12,18H,13-16H2,1-2H3,(H3,27,28,29,30,31,33). The predicted molar refractivity (Wildman–Crippen MR) is 134 cm³/mol. The number of carbonyl (C=O) groups is 1. The van der Waals surface area contributed by atoms with E-state index in [4.69, 9.17) is 4.74 Å². The summed E-state index contributed by atoms with van der Waals surface area (Å²) in [5, 5.41) is 14.1. The smallest absolute Gasteiger partial charge is 0.256 e. The summed E-state index contributed by atoms with van der Waals surface area (Å²) in [6.45, 7) is 2.23. The van der Waals surface area contributed by atoms with E-state index in [2.05, 4.69) is 49.9 Å². The highest BCUT2D eigenvalue weighted by Crippen LogP contribution is 2.28. The highest BCUT2D eigenvalue weighted by Gasteiger charge is 2.19. The van der Waals surface area contributed by atoms with E-state index in [0.29, 0.717) is 28.8 Å².